The van der Waals surface area contributed by atoms with Gasteiger partial charge in [-0.3, -0.25) is 9.36 Å². The highest BCUT2D eigenvalue weighted by atomic mass is 16.6. The van der Waals surface area contributed by atoms with E-state index in [0.717, 1.165) is 21.3 Å². The van der Waals surface area contributed by atoms with Crippen molar-refractivity contribution in [3.05, 3.63) is 160 Å². The first-order chi connectivity index (χ1) is 22.4. The van der Waals surface area contributed by atoms with Gasteiger partial charge in [-0.1, -0.05) is 91.0 Å². The molecule has 4 aromatic carbocycles. The van der Waals surface area contributed by atoms with Gasteiger partial charge in [0.2, 0.25) is 0 Å². The number of nitrogens with zero attached hydrogens (tertiary/aromatic N) is 2. The SMILES string of the molecule is COc1ccc(C(OC[C@H]2O[C@@H](n3ccc(NC(=O)c4ccccc4)nc3=O)[C@H](O)[C@@H]2O)(c2ccccc2)c2ccccc2)cc1. The highest BCUT2D eigenvalue weighted by Crippen LogP contribution is 2.42. The number of methoxy groups -OCH3 is 1. The molecule has 5 aromatic rings. The summed E-state index contributed by atoms with van der Waals surface area (Å²) in [7, 11) is 1.60. The van der Waals surface area contributed by atoms with Crippen molar-refractivity contribution in [1.82, 2.24) is 9.55 Å². The number of hydrogen-bond donors (Lipinski definition) is 3. The van der Waals surface area contributed by atoms with Crippen molar-refractivity contribution in [3.8, 4) is 5.75 Å². The first-order valence-electron chi connectivity index (χ1n) is 14.8. The molecule has 1 amide bonds. The number of aliphatic hydroxyl groups is 2. The summed E-state index contributed by atoms with van der Waals surface area (Å²) < 4.78 is 19.3. The lowest BCUT2D eigenvalue weighted by Gasteiger charge is -2.37. The number of amides is 1. The standard InChI is InChI=1S/C36H33N3O7/c1-44-28-19-17-27(18-20-28)36(25-13-7-3-8-14-25,26-15-9-4-10-16-26)45-23-29-31(40)32(41)34(46-29)39-22-21-30(38-35(39)43)37-33(42)24-11-5-2-6-12-24/h2-22,29,31-32,34,40-41H,23H2,1H3,(H,37,38,42,43)/t29-,31-,32-,34-/m1/s1. The minimum absolute atomic E-state index is 0.0398. The number of anilines is 1. The van der Waals surface area contributed by atoms with Gasteiger partial charge >= 0.3 is 5.69 Å². The van der Waals surface area contributed by atoms with E-state index in [9.17, 15) is 19.8 Å². The average molecular weight is 620 g/mol. The van der Waals surface area contributed by atoms with Crippen LogP contribution in [0.25, 0.3) is 0 Å². The topological polar surface area (TPSA) is 132 Å². The van der Waals surface area contributed by atoms with Crippen molar-refractivity contribution in [2.45, 2.75) is 30.1 Å². The van der Waals surface area contributed by atoms with Crippen LogP contribution in [0, 0.1) is 0 Å². The molecule has 1 saturated heterocycles. The second-order valence-corrected chi connectivity index (χ2v) is 10.8. The van der Waals surface area contributed by atoms with E-state index in [1.807, 2.05) is 84.9 Å². The number of carbonyl (C=O) groups excluding carboxylic acids is 1. The third kappa shape index (κ3) is 6.07. The number of aliphatic hydroxyl groups excluding tert-OH is 2. The van der Waals surface area contributed by atoms with Gasteiger partial charge < -0.3 is 29.7 Å². The fraction of sp³-hybridized carbons (Fsp3) is 0.194. The first kappa shape index (κ1) is 30.9. The molecule has 0 spiro atoms. The van der Waals surface area contributed by atoms with Gasteiger partial charge in [-0.2, -0.15) is 4.98 Å². The van der Waals surface area contributed by atoms with E-state index in [0.29, 0.717) is 11.3 Å². The third-order valence-corrected chi connectivity index (χ3v) is 8.04. The molecule has 234 valence electrons. The number of benzene rings is 4. The Kier molecular flexibility index (Phi) is 9.04. The first-order valence-corrected chi connectivity index (χ1v) is 14.8. The Morgan fingerprint density at radius 2 is 1.39 bits per heavy atom. The summed E-state index contributed by atoms with van der Waals surface area (Å²) in [6, 6.07) is 36.9. The van der Waals surface area contributed by atoms with E-state index in [1.165, 1.54) is 12.3 Å². The van der Waals surface area contributed by atoms with E-state index in [4.69, 9.17) is 14.2 Å². The highest BCUT2D eigenvalue weighted by molar-refractivity contribution is 6.03. The van der Waals surface area contributed by atoms with Crippen LogP contribution in [0.15, 0.2) is 132 Å². The van der Waals surface area contributed by atoms with E-state index in [2.05, 4.69) is 10.3 Å². The van der Waals surface area contributed by atoms with Crippen molar-refractivity contribution in [2.75, 3.05) is 19.0 Å². The normalized spacial score (nSPS) is 19.5. The number of nitrogens with one attached hydrogen (secondary N) is 1. The van der Waals surface area contributed by atoms with Crippen LogP contribution < -0.4 is 15.7 Å². The molecule has 3 N–H and O–H groups in total. The molecule has 10 heteroatoms. The molecule has 10 nitrogen and oxygen atoms in total. The van der Waals surface area contributed by atoms with Crippen molar-refractivity contribution in [3.63, 3.8) is 0 Å². The Hall–Kier alpha value is -5.13. The molecule has 1 aliphatic rings. The Bertz CT molecular complexity index is 1780. The van der Waals surface area contributed by atoms with Crippen LogP contribution in [0.1, 0.15) is 33.3 Å². The lowest BCUT2D eigenvalue weighted by Crippen LogP contribution is -2.39. The monoisotopic (exact) mass is 619 g/mol. The van der Waals surface area contributed by atoms with Gasteiger partial charge in [0.15, 0.2) is 6.23 Å². The Morgan fingerprint density at radius 1 is 0.826 bits per heavy atom. The average Bonchev–Trinajstić information content (AvgIpc) is 3.39. The molecule has 6 rings (SSSR count). The summed E-state index contributed by atoms with van der Waals surface area (Å²) in [6.07, 6.45) is -3.73. The van der Waals surface area contributed by atoms with Gasteiger partial charge in [0, 0.05) is 11.8 Å². The van der Waals surface area contributed by atoms with Crippen LogP contribution in [-0.2, 0) is 15.1 Å². The predicted molar refractivity (Wildman–Crippen MR) is 171 cm³/mol. The summed E-state index contributed by atoms with van der Waals surface area (Å²) in [5, 5.41) is 24.7. The lowest BCUT2D eigenvalue weighted by atomic mass is 9.80. The van der Waals surface area contributed by atoms with Gasteiger partial charge in [0.1, 0.15) is 35.5 Å². The third-order valence-electron chi connectivity index (χ3n) is 8.04. The Labute approximate surface area is 265 Å². The van der Waals surface area contributed by atoms with Crippen LogP contribution in [0.4, 0.5) is 5.82 Å². The Morgan fingerprint density at radius 3 is 1.96 bits per heavy atom. The molecule has 4 atom stereocenters. The number of carbonyl (C=O) groups is 1. The predicted octanol–water partition coefficient (Wildman–Crippen LogP) is 4.13. The van der Waals surface area contributed by atoms with E-state index in [-0.39, 0.29) is 12.4 Å². The van der Waals surface area contributed by atoms with E-state index in [1.54, 1.807) is 37.4 Å². The summed E-state index contributed by atoms with van der Waals surface area (Å²) in [5.74, 6) is 0.300. The zero-order valence-corrected chi connectivity index (χ0v) is 25.0. The fourth-order valence-corrected chi connectivity index (χ4v) is 5.68. The molecule has 46 heavy (non-hydrogen) atoms. The summed E-state index contributed by atoms with van der Waals surface area (Å²) in [4.78, 5) is 29.5. The zero-order chi connectivity index (χ0) is 32.1. The van der Waals surface area contributed by atoms with E-state index >= 15 is 0 Å². The van der Waals surface area contributed by atoms with Crippen LogP contribution in [0.2, 0.25) is 0 Å². The number of hydrogen-bond acceptors (Lipinski definition) is 8. The largest absolute Gasteiger partial charge is 0.497 e. The molecule has 0 unspecified atom stereocenters. The molecule has 0 bridgehead atoms. The molecule has 0 radical (unpaired) electrons. The molecule has 1 aliphatic heterocycles. The van der Waals surface area contributed by atoms with Crippen molar-refractivity contribution in [1.29, 1.82) is 0 Å². The quantitative estimate of drug-likeness (QED) is 0.199. The maximum absolute atomic E-state index is 13.0. The van der Waals surface area contributed by atoms with Crippen LogP contribution in [-0.4, -0.2) is 57.7 Å². The molecule has 0 aliphatic carbocycles. The number of rotatable bonds is 10. The smallest absolute Gasteiger partial charge is 0.351 e. The zero-order valence-electron chi connectivity index (χ0n) is 25.0. The maximum atomic E-state index is 13.0. The van der Waals surface area contributed by atoms with Crippen LogP contribution >= 0.6 is 0 Å². The summed E-state index contributed by atoms with van der Waals surface area (Å²) in [6.45, 7) is -0.141. The van der Waals surface area contributed by atoms with Gasteiger partial charge in [-0.15, -0.1) is 0 Å². The minimum atomic E-state index is -1.46. The van der Waals surface area contributed by atoms with Crippen molar-refractivity contribution in [2.24, 2.45) is 0 Å². The molecular weight excluding hydrogens is 586 g/mol. The van der Waals surface area contributed by atoms with Crippen LogP contribution in [0.5, 0.6) is 5.75 Å². The molecular formula is C36H33N3O7. The molecule has 1 fully saturated rings. The maximum Gasteiger partial charge on any atom is 0.351 e. The van der Waals surface area contributed by atoms with Gasteiger partial charge in [0.25, 0.3) is 5.91 Å². The highest BCUT2D eigenvalue weighted by Gasteiger charge is 2.46. The molecule has 1 aromatic heterocycles. The Balaban J connectivity index is 1.27. The van der Waals surface area contributed by atoms with Crippen molar-refractivity contribution >= 4 is 11.7 Å². The lowest BCUT2D eigenvalue weighted by molar-refractivity contribution is -0.0958. The summed E-state index contributed by atoms with van der Waals surface area (Å²) >= 11 is 0. The van der Waals surface area contributed by atoms with E-state index < -0.39 is 41.7 Å². The second-order valence-electron chi connectivity index (χ2n) is 10.8. The minimum Gasteiger partial charge on any atom is -0.497 e. The van der Waals surface area contributed by atoms with Gasteiger partial charge in [-0.25, -0.2) is 4.79 Å². The summed E-state index contributed by atoms with van der Waals surface area (Å²) in [5.41, 5.74) is 0.992. The van der Waals surface area contributed by atoms with Crippen LogP contribution in [0.3, 0.4) is 0 Å². The second kappa shape index (κ2) is 13.5. The van der Waals surface area contributed by atoms with Gasteiger partial charge in [0.05, 0.1) is 13.7 Å². The fourth-order valence-electron chi connectivity index (χ4n) is 5.68. The number of aromatic nitrogens is 2. The molecule has 0 saturated carbocycles. The van der Waals surface area contributed by atoms with Gasteiger partial charge in [-0.05, 0) is 47.0 Å². The van der Waals surface area contributed by atoms with Crippen molar-refractivity contribution < 1.29 is 29.2 Å². The number of ether oxygens (including phenoxy) is 3. The molecule has 2 heterocycles.